The van der Waals surface area contributed by atoms with Crippen LogP contribution in [0.15, 0.2) is 47.4 Å². The van der Waals surface area contributed by atoms with Crippen molar-refractivity contribution in [2.45, 2.75) is 11.3 Å². The summed E-state index contributed by atoms with van der Waals surface area (Å²) in [6.45, 7) is 0.00620. The predicted octanol–water partition coefficient (Wildman–Crippen LogP) is 1.95. The van der Waals surface area contributed by atoms with Gasteiger partial charge in [0.05, 0.1) is 30.3 Å². The van der Waals surface area contributed by atoms with Gasteiger partial charge in [-0.2, -0.15) is 0 Å². The van der Waals surface area contributed by atoms with Crippen LogP contribution in [0, 0.1) is 5.82 Å². The summed E-state index contributed by atoms with van der Waals surface area (Å²) in [5, 5.41) is 9.21. The van der Waals surface area contributed by atoms with Crippen molar-refractivity contribution in [2.24, 2.45) is 0 Å². The monoisotopic (exact) mass is 337 g/mol. The maximum absolute atomic E-state index is 13.4. The van der Waals surface area contributed by atoms with Crippen LogP contribution in [0.25, 0.3) is 0 Å². The molecular weight excluding hydrogens is 321 g/mol. The minimum atomic E-state index is -3.90. The lowest BCUT2D eigenvalue weighted by Gasteiger charge is -2.24. The van der Waals surface area contributed by atoms with Crippen LogP contribution in [0.4, 0.5) is 10.1 Å². The highest BCUT2D eigenvalue weighted by Gasteiger charge is 2.26. The van der Waals surface area contributed by atoms with E-state index < -0.39 is 15.8 Å². The Morgan fingerprint density at radius 3 is 2.78 bits per heavy atom. The molecule has 0 atom stereocenters. The maximum Gasteiger partial charge on any atom is 0.264 e. The van der Waals surface area contributed by atoms with Crippen molar-refractivity contribution in [1.29, 1.82) is 0 Å². The first kappa shape index (κ1) is 15.8. The number of hydrogen-bond donors (Lipinski definition) is 1. The van der Waals surface area contributed by atoms with Gasteiger partial charge in [-0.25, -0.2) is 12.8 Å². The van der Waals surface area contributed by atoms with Gasteiger partial charge in [0.1, 0.15) is 11.6 Å². The quantitative estimate of drug-likeness (QED) is 0.906. The lowest BCUT2D eigenvalue weighted by Crippen LogP contribution is -2.33. The maximum atomic E-state index is 13.4. The molecule has 0 bridgehead atoms. The van der Waals surface area contributed by atoms with Crippen LogP contribution in [0.2, 0.25) is 0 Å². The van der Waals surface area contributed by atoms with Gasteiger partial charge in [0.2, 0.25) is 0 Å². The smallest absolute Gasteiger partial charge is 0.264 e. The second-order valence-corrected chi connectivity index (χ2v) is 7.01. The minimum Gasteiger partial charge on any atom is -0.493 e. The van der Waals surface area contributed by atoms with Crippen LogP contribution in [0.5, 0.6) is 5.75 Å². The summed E-state index contributed by atoms with van der Waals surface area (Å²) in [6, 6.07) is 9.94. The van der Waals surface area contributed by atoms with Crippen molar-refractivity contribution < 1.29 is 22.7 Å². The van der Waals surface area contributed by atoms with E-state index in [1.807, 2.05) is 0 Å². The Kier molecular flexibility index (Phi) is 4.23. The van der Waals surface area contributed by atoms with E-state index in [1.165, 1.54) is 24.3 Å². The van der Waals surface area contributed by atoms with E-state index in [0.29, 0.717) is 18.8 Å². The third kappa shape index (κ3) is 3.02. The summed E-state index contributed by atoms with van der Waals surface area (Å²) in [4.78, 5) is 0.0967. The van der Waals surface area contributed by atoms with Gasteiger partial charge in [-0.05, 0) is 42.0 Å². The number of sulfonamides is 1. The van der Waals surface area contributed by atoms with Gasteiger partial charge in [-0.3, -0.25) is 4.31 Å². The Morgan fingerprint density at radius 2 is 2.04 bits per heavy atom. The highest BCUT2D eigenvalue weighted by atomic mass is 32.2. The third-order valence-corrected chi connectivity index (χ3v) is 5.47. The molecule has 1 heterocycles. The fourth-order valence-corrected chi connectivity index (χ4v) is 4.06. The van der Waals surface area contributed by atoms with Crippen LogP contribution in [0.1, 0.15) is 5.56 Å². The highest BCUT2D eigenvalue weighted by Crippen LogP contribution is 2.30. The molecule has 0 aromatic heterocycles. The summed E-state index contributed by atoms with van der Waals surface area (Å²) in [5.74, 6) is 0.145. The first-order chi connectivity index (χ1) is 11.0. The molecule has 23 heavy (non-hydrogen) atoms. The Labute approximate surface area is 134 Å². The van der Waals surface area contributed by atoms with Crippen molar-refractivity contribution in [3.8, 4) is 5.75 Å². The minimum absolute atomic E-state index is 0.0967. The van der Waals surface area contributed by atoms with Crippen molar-refractivity contribution in [3.63, 3.8) is 0 Å². The summed E-state index contributed by atoms with van der Waals surface area (Å²) in [7, 11) is -3.90. The van der Waals surface area contributed by atoms with E-state index in [-0.39, 0.29) is 23.7 Å². The zero-order valence-electron chi connectivity index (χ0n) is 12.3. The van der Waals surface area contributed by atoms with E-state index in [9.17, 15) is 17.9 Å². The molecular formula is C16H16FNO4S. The second kappa shape index (κ2) is 6.17. The fraction of sp³-hybridized carbons (Fsp3) is 0.250. The average molecular weight is 337 g/mol. The topological polar surface area (TPSA) is 66.8 Å². The first-order valence-electron chi connectivity index (χ1n) is 7.17. The molecule has 1 N–H and O–H groups in total. The predicted molar refractivity (Wildman–Crippen MR) is 83.7 cm³/mol. The van der Waals surface area contributed by atoms with Crippen molar-refractivity contribution in [1.82, 2.24) is 0 Å². The lowest BCUT2D eigenvalue weighted by atomic mass is 10.2. The van der Waals surface area contributed by atoms with Crippen LogP contribution >= 0.6 is 0 Å². The number of aliphatic hydroxyl groups is 1. The van der Waals surface area contributed by atoms with Crippen LogP contribution < -0.4 is 9.04 Å². The van der Waals surface area contributed by atoms with Gasteiger partial charge in [0, 0.05) is 6.42 Å². The van der Waals surface area contributed by atoms with E-state index >= 15 is 0 Å². The summed E-state index contributed by atoms with van der Waals surface area (Å²) < 4.78 is 45.6. The molecule has 3 rings (SSSR count). The van der Waals surface area contributed by atoms with Gasteiger partial charge < -0.3 is 9.84 Å². The van der Waals surface area contributed by atoms with Crippen molar-refractivity contribution >= 4 is 15.7 Å². The summed E-state index contributed by atoms with van der Waals surface area (Å²) in [6.07, 6.45) is 0.651. The number of fused-ring (bicyclic) bond motifs is 1. The number of ether oxygens (including phenoxy) is 1. The van der Waals surface area contributed by atoms with Gasteiger partial charge >= 0.3 is 0 Å². The molecule has 2 aromatic carbocycles. The largest absolute Gasteiger partial charge is 0.493 e. The van der Waals surface area contributed by atoms with E-state index in [1.54, 1.807) is 12.1 Å². The van der Waals surface area contributed by atoms with Crippen LogP contribution in [-0.2, 0) is 16.4 Å². The van der Waals surface area contributed by atoms with Crippen molar-refractivity contribution in [3.05, 3.63) is 53.8 Å². The molecule has 0 radical (unpaired) electrons. The zero-order chi connectivity index (χ0) is 16.4. The Morgan fingerprint density at radius 1 is 1.22 bits per heavy atom. The van der Waals surface area contributed by atoms with Crippen molar-refractivity contribution in [2.75, 3.05) is 24.1 Å². The molecule has 0 fully saturated rings. The molecule has 0 unspecified atom stereocenters. The molecule has 0 saturated heterocycles. The Bertz CT molecular complexity index is 823. The Hall–Kier alpha value is -2.12. The summed E-state index contributed by atoms with van der Waals surface area (Å²) >= 11 is 0. The number of nitrogens with zero attached hydrogens (tertiary/aromatic N) is 1. The number of aliphatic hydroxyl groups excluding tert-OH is 1. The Balaban J connectivity index is 2.04. The molecule has 0 amide bonds. The van der Waals surface area contributed by atoms with Gasteiger partial charge in [0.15, 0.2) is 0 Å². The molecule has 1 aliphatic rings. The van der Waals surface area contributed by atoms with Gasteiger partial charge in [-0.1, -0.05) is 6.07 Å². The number of halogens is 1. The third-order valence-electron chi connectivity index (χ3n) is 3.65. The van der Waals surface area contributed by atoms with Gasteiger partial charge in [-0.15, -0.1) is 0 Å². The number of rotatable bonds is 5. The molecule has 2 aromatic rings. The van der Waals surface area contributed by atoms with Crippen LogP contribution in [0.3, 0.4) is 0 Å². The van der Waals surface area contributed by atoms with E-state index in [2.05, 4.69) is 0 Å². The number of hydrogen-bond acceptors (Lipinski definition) is 4. The first-order valence-corrected chi connectivity index (χ1v) is 8.61. The molecule has 0 spiro atoms. The van der Waals surface area contributed by atoms with E-state index in [4.69, 9.17) is 4.74 Å². The highest BCUT2D eigenvalue weighted by molar-refractivity contribution is 7.92. The fourth-order valence-electron chi connectivity index (χ4n) is 2.56. The molecule has 5 nitrogen and oxygen atoms in total. The average Bonchev–Trinajstić information content (AvgIpc) is 3.00. The zero-order valence-corrected chi connectivity index (χ0v) is 13.1. The van der Waals surface area contributed by atoms with Crippen LogP contribution in [-0.4, -0.2) is 33.3 Å². The SMILES string of the molecule is O=S(=O)(c1ccc2c(c1)CCO2)N(CCO)c1cccc(F)c1. The standard InChI is InChI=1S/C16H16FNO4S/c17-13-2-1-3-14(11-13)18(7-8-19)23(20,21)15-4-5-16-12(10-15)6-9-22-16/h1-5,10-11,19H,6-9H2. The molecule has 1 aliphatic heterocycles. The molecule has 7 heteroatoms. The lowest BCUT2D eigenvalue weighted by molar-refractivity contribution is 0.306. The number of benzene rings is 2. The second-order valence-electron chi connectivity index (χ2n) is 5.15. The van der Waals surface area contributed by atoms with Gasteiger partial charge in [0.25, 0.3) is 10.0 Å². The molecule has 122 valence electrons. The normalized spacial score (nSPS) is 13.5. The molecule has 0 aliphatic carbocycles. The molecule has 0 saturated carbocycles. The van der Waals surface area contributed by atoms with E-state index in [0.717, 1.165) is 15.9 Å². The number of anilines is 1. The summed E-state index contributed by atoms with van der Waals surface area (Å²) in [5.41, 5.74) is 1.00.